The third-order valence-corrected chi connectivity index (χ3v) is 4.50. The van der Waals surface area contributed by atoms with Crippen LogP contribution in [0.2, 0.25) is 0 Å². The molecule has 0 aliphatic carbocycles. The molecule has 3 aromatic rings. The summed E-state index contributed by atoms with van der Waals surface area (Å²) >= 11 is 0. The Hall–Kier alpha value is -3.00. The normalized spacial score (nSPS) is 13.7. The zero-order valence-electron chi connectivity index (χ0n) is 14.3. The van der Waals surface area contributed by atoms with Crippen LogP contribution >= 0.6 is 0 Å². The van der Waals surface area contributed by atoms with Crippen molar-refractivity contribution < 1.29 is 5.11 Å². The molecular formula is C18H20N6O2. The monoisotopic (exact) mass is 352 g/mol. The van der Waals surface area contributed by atoms with Gasteiger partial charge in [0.1, 0.15) is 0 Å². The second-order valence-corrected chi connectivity index (χ2v) is 6.26. The fourth-order valence-corrected chi connectivity index (χ4v) is 2.95. The smallest absolute Gasteiger partial charge is 0.298 e. The molecule has 0 spiro atoms. The second-order valence-electron chi connectivity index (χ2n) is 6.26. The topological polar surface area (TPSA) is 89.1 Å². The summed E-state index contributed by atoms with van der Waals surface area (Å²) in [6.07, 6.45) is 7.49. The Morgan fingerprint density at radius 1 is 1.12 bits per heavy atom. The lowest BCUT2D eigenvalue weighted by Gasteiger charge is -2.31. The average molecular weight is 352 g/mol. The maximum atomic E-state index is 12.9. The summed E-state index contributed by atoms with van der Waals surface area (Å²) in [7, 11) is 0. The minimum Gasteiger partial charge on any atom is -0.396 e. The van der Waals surface area contributed by atoms with E-state index in [9.17, 15) is 4.79 Å². The number of aromatic nitrogens is 5. The molecule has 8 nitrogen and oxygen atoms in total. The molecule has 0 amide bonds. The van der Waals surface area contributed by atoms with E-state index in [1.54, 1.807) is 27.8 Å². The number of benzene rings is 1. The number of aliphatic hydroxyl groups is 1. The minimum atomic E-state index is -0.119. The van der Waals surface area contributed by atoms with Crippen LogP contribution in [-0.2, 0) is 6.42 Å². The Morgan fingerprint density at radius 3 is 2.50 bits per heavy atom. The number of hydrogen-bond acceptors (Lipinski definition) is 6. The van der Waals surface area contributed by atoms with E-state index in [1.165, 1.54) is 0 Å². The Balaban J connectivity index is 1.73. The Bertz CT molecular complexity index is 929. The van der Waals surface area contributed by atoms with Gasteiger partial charge in [-0.2, -0.15) is 0 Å². The van der Waals surface area contributed by atoms with Crippen LogP contribution in [-0.4, -0.2) is 49.3 Å². The van der Waals surface area contributed by atoms with Crippen LogP contribution in [0.25, 0.3) is 11.4 Å². The molecule has 1 fully saturated rings. The highest BCUT2D eigenvalue weighted by Crippen LogP contribution is 2.17. The molecule has 0 unspecified atom stereocenters. The first-order chi connectivity index (χ1) is 12.8. The van der Waals surface area contributed by atoms with Crippen molar-refractivity contribution in [1.29, 1.82) is 0 Å². The molecule has 1 aliphatic rings. The third-order valence-electron chi connectivity index (χ3n) is 4.50. The van der Waals surface area contributed by atoms with E-state index in [4.69, 9.17) is 5.11 Å². The van der Waals surface area contributed by atoms with Crippen LogP contribution in [0, 0.1) is 0 Å². The Labute approximate surface area is 150 Å². The van der Waals surface area contributed by atoms with Gasteiger partial charge in [-0.05, 0) is 43.5 Å². The van der Waals surface area contributed by atoms with Gasteiger partial charge in [0.2, 0.25) is 0 Å². The molecule has 8 heteroatoms. The molecule has 2 aromatic heterocycles. The van der Waals surface area contributed by atoms with E-state index in [0.29, 0.717) is 18.7 Å². The predicted octanol–water partition coefficient (Wildman–Crippen LogP) is 0.948. The van der Waals surface area contributed by atoms with Crippen molar-refractivity contribution in [3.8, 4) is 11.4 Å². The van der Waals surface area contributed by atoms with Crippen molar-refractivity contribution >= 4 is 5.82 Å². The number of rotatable bonds is 6. The predicted molar refractivity (Wildman–Crippen MR) is 97.0 cm³/mol. The van der Waals surface area contributed by atoms with E-state index >= 15 is 0 Å². The summed E-state index contributed by atoms with van der Waals surface area (Å²) in [5, 5.41) is 16.9. The van der Waals surface area contributed by atoms with Gasteiger partial charge < -0.3 is 10.0 Å². The summed E-state index contributed by atoms with van der Waals surface area (Å²) in [4.78, 5) is 19.5. The van der Waals surface area contributed by atoms with Gasteiger partial charge in [-0.3, -0.25) is 9.36 Å². The Kier molecular flexibility index (Phi) is 4.49. The third kappa shape index (κ3) is 3.11. The fourth-order valence-electron chi connectivity index (χ4n) is 2.95. The van der Waals surface area contributed by atoms with Gasteiger partial charge in [0, 0.05) is 31.6 Å². The molecule has 0 saturated carbocycles. The van der Waals surface area contributed by atoms with Gasteiger partial charge >= 0.3 is 0 Å². The molecule has 4 rings (SSSR count). The summed E-state index contributed by atoms with van der Waals surface area (Å²) in [6.45, 7) is 1.82. The maximum absolute atomic E-state index is 12.9. The van der Waals surface area contributed by atoms with Crippen LogP contribution in [0.5, 0.6) is 0 Å². The molecular weight excluding hydrogens is 332 g/mol. The first-order valence-corrected chi connectivity index (χ1v) is 8.72. The number of aryl methyl sites for hydroxylation is 1. The van der Waals surface area contributed by atoms with E-state index in [0.717, 1.165) is 36.6 Å². The molecule has 1 aliphatic heterocycles. The van der Waals surface area contributed by atoms with Gasteiger partial charge in [0.05, 0.1) is 23.8 Å². The van der Waals surface area contributed by atoms with E-state index < -0.39 is 0 Å². The van der Waals surface area contributed by atoms with E-state index in [1.807, 2.05) is 29.2 Å². The van der Waals surface area contributed by atoms with Crippen molar-refractivity contribution in [2.24, 2.45) is 0 Å². The molecule has 1 saturated heterocycles. The zero-order valence-corrected chi connectivity index (χ0v) is 14.3. The Morgan fingerprint density at radius 2 is 1.88 bits per heavy atom. The number of nitrogens with zero attached hydrogens (tertiary/aromatic N) is 6. The SMILES string of the molecule is O=c1c(N2CCC2)nc(CCCO)cn1-c1ccc(-n2ccnn2)cc1. The average Bonchev–Trinajstić information content (AvgIpc) is 3.15. The van der Waals surface area contributed by atoms with E-state index in [2.05, 4.69) is 15.3 Å². The lowest BCUT2D eigenvalue weighted by Crippen LogP contribution is -2.42. The van der Waals surface area contributed by atoms with Crippen molar-refractivity contribution in [3.05, 3.63) is 58.9 Å². The van der Waals surface area contributed by atoms with Gasteiger partial charge in [-0.25, -0.2) is 9.67 Å². The zero-order chi connectivity index (χ0) is 17.9. The van der Waals surface area contributed by atoms with Crippen molar-refractivity contribution in [2.45, 2.75) is 19.3 Å². The molecule has 0 bridgehead atoms. The van der Waals surface area contributed by atoms with Crippen molar-refractivity contribution in [3.63, 3.8) is 0 Å². The van der Waals surface area contributed by atoms with Gasteiger partial charge in [0.25, 0.3) is 5.56 Å². The van der Waals surface area contributed by atoms with Crippen molar-refractivity contribution in [2.75, 3.05) is 24.6 Å². The van der Waals surface area contributed by atoms with Crippen LogP contribution in [0.3, 0.4) is 0 Å². The van der Waals surface area contributed by atoms with Gasteiger partial charge in [0.15, 0.2) is 5.82 Å². The minimum absolute atomic E-state index is 0.104. The lowest BCUT2D eigenvalue weighted by atomic mass is 10.2. The lowest BCUT2D eigenvalue weighted by molar-refractivity contribution is 0.288. The van der Waals surface area contributed by atoms with Crippen LogP contribution < -0.4 is 10.5 Å². The molecule has 1 N–H and O–H groups in total. The number of hydrogen-bond donors (Lipinski definition) is 1. The highest BCUT2D eigenvalue weighted by Gasteiger charge is 2.21. The van der Waals surface area contributed by atoms with Crippen LogP contribution in [0.1, 0.15) is 18.5 Å². The van der Waals surface area contributed by atoms with Crippen molar-refractivity contribution in [1.82, 2.24) is 24.5 Å². The van der Waals surface area contributed by atoms with Crippen LogP contribution in [0.15, 0.2) is 47.7 Å². The van der Waals surface area contributed by atoms with Gasteiger partial charge in [-0.1, -0.05) is 5.21 Å². The molecule has 0 radical (unpaired) electrons. The first-order valence-electron chi connectivity index (χ1n) is 8.72. The quantitative estimate of drug-likeness (QED) is 0.710. The van der Waals surface area contributed by atoms with Crippen LogP contribution in [0.4, 0.5) is 5.82 Å². The first kappa shape index (κ1) is 16.5. The highest BCUT2D eigenvalue weighted by molar-refractivity contribution is 5.46. The summed E-state index contributed by atoms with van der Waals surface area (Å²) in [5.41, 5.74) is 2.33. The maximum Gasteiger partial charge on any atom is 0.298 e. The standard InChI is InChI=1S/C18H20N6O2/c25-12-1-3-14-13-23(18(26)17(20-14)22-9-2-10-22)15-4-6-16(7-5-15)24-11-8-19-21-24/h4-8,11,13,25H,1-3,9-10,12H2. The summed E-state index contributed by atoms with van der Waals surface area (Å²) in [6, 6.07) is 7.56. The molecule has 1 aromatic carbocycles. The second kappa shape index (κ2) is 7.09. The number of aliphatic hydroxyl groups excluding tert-OH is 1. The molecule has 0 atom stereocenters. The van der Waals surface area contributed by atoms with Gasteiger partial charge in [-0.15, -0.1) is 5.10 Å². The fraction of sp³-hybridized carbons (Fsp3) is 0.333. The highest BCUT2D eigenvalue weighted by atomic mass is 16.2. The summed E-state index contributed by atoms with van der Waals surface area (Å²) in [5.74, 6) is 0.493. The number of anilines is 1. The summed E-state index contributed by atoms with van der Waals surface area (Å²) < 4.78 is 3.30. The molecule has 134 valence electrons. The molecule has 26 heavy (non-hydrogen) atoms. The largest absolute Gasteiger partial charge is 0.396 e. The molecule has 3 heterocycles. The van der Waals surface area contributed by atoms with E-state index in [-0.39, 0.29) is 12.2 Å².